The number of aryl methyl sites for hydroxylation is 1. The Kier molecular flexibility index (Phi) is 5.27. The lowest BCUT2D eigenvalue weighted by atomic mass is 10.1. The largest absolute Gasteiger partial charge is 0.340 e. The monoisotopic (exact) mass is 346 g/mol. The van der Waals surface area contributed by atoms with Crippen LogP contribution in [0, 0.1) is 6.92 Å². The Morgan fingerprint density at radius 3 is 2.50 bits per heavy atom. The first-order valence-electron chi connectivity index (χ1n) is 8.63. The van der Waals surface area contributed by atoms with Crippen molar-refractivity contribution in [3.8, 4) is 0 Å². The number of nitrogens with zero attached hydrogens (tertiary/aromatic N) is 3. The third-order valence-electron chi connectivity index (χ3n) is 4.03. The fourth-order valence-electron chi connectivity index (χ4n) is 2.80. The van der Waals surface area contributed by atoms with Crippen LogP contribution in [0.4, 0.5) is 23.0 Å². The number of carbonyl (C=O) groups is 1. The van der Waals surface area contributed by atoms with Gasteiger partial charge < -0.3 is 10.2 Å². The van der Waals surface area contributed by atoms with Crippen molar-refractivity contribution < 1.29 is 4.79 Å². The predicted molar refractivity (Wildman–Crippen MR) is 106 cm³/mol. The molecule has 0 bridgehead atoms. The second-order valence-corrected chi connectivity index (χ2v) is 6.00. The number of para-hydroxylation sites is 1. The van der Waals surface area contributed by atoms with Crippen LogP contribution in [0.3, 0.4) is 0 Å². The third-order valence-corrected chi connectivity index (χ3v) is 4.03. The zero-order chi connectivity index (χ0) is 18.5. The van der Waals surface area contributed by atoms with E-state index in [9.17, 15) is 4.79 Å². The molecule has 1 aromatic heterocycles. The summed E-state index contributed by atoms with van der Waals surface area (Å²) in [5, 5.41) is 3.28. The summed E-state index contributed by atoms with van der Waals surface area (Å²) in [6.07, 6.45) is 0. The molecule has 1 heterocycles. The first-order valence-corrected chi connectivity index (χ1v) is 8.63. The summed E-state index contributed by atoms with van der Waals surface area (Å²) in [6, 6.07) is 19.5. The fourth-order valence-corrected chi connectivity index (χ4v) is 2.80. The lowest BCUT2D eigenvalue weighted by Crippen LogP contribution is -2.18. The summed E-state index contributed by atoms with van der Waals surface area (Å²) < 4.78 is 0. The molecule has 0 aliphatic heterocycles. The van der Waals surface area contributed by atoms with E-state index in [1.165, 1.54) is 0 Å². The molecule has 0 amide bonds. The highest BCUT2D eigenvalue weighted by Crippen LogP contribution is 2.26. The zero-order valence-corrected chi connectivity index (χ0v) is 15.2. The normalized spacial score (nSPS) is 10.4. The number of carbonyl (C=O) groups excluding carboxylic acids is 1. The van der Waals surface area contributed by atoms with Crippen LogP contribution in [0.15, 0.2) is 60.7 Å². The van der Waals surface area contributed by atoms with Gasteiger partial charge in [-0.25, -0.2) is 9.97 Å². The van der Waals surface area contributed by atoms with Gasteiger partial charge in [0, 0.05) is 29.5 Å². The van der Waals surface area contributed by atoms with E-state index in [2.05, 4.69) is 39.2 Å². The summed E-state index contributed by atoms with van der Waals surface area (Å²) in [4.78, 5) is 22.8. The quantitative estimate of drug-likeness (QED) is 0.644. The molecule has 26 heavy (non-hydrogen) atoms. The zero-order valence-electron chi connectivity index (χ0n) is 15.2. The van der Waals surface area contributed by atoms with Gasteiger partial charge in [-0.2, -0.15) is 0 Å². The maximum absolute atomic E-state index is 11.6. The number of rotatable bonds is 6. The summed E-state index contributed by atoms with van der Waals surface area (Å²) in [6.45, 7) is 6.32. The molecule has 0 spiro atoms. The number of nitrogens with one attached hydrogen (secondary N) is 1. The Morgan fingerprint density at radius 1 is 1.04 bits per heavy atom. The van der Waals surface area contributed by atoms with Gasteiger partial charge in [0.25, 0.3) is 0 Å². The van der Waals surface area contributed by atoms with Crippen molar-refractivity contribution in [1.82, 2.24) is 9.97 Å². The molecule has 132 valence electrons. The standard InChI is InChI=1S/C21H22N4O/c1-4-25(19-11-6-5-7-12-19)21-14-20(22-16(3)23-21)24-18-10-8-9-17(13-18)15(2)26/h5-14H,4H2,1-3H3,(H,22,23,24). The molecule has 2 aromatic carbocycles. The molecule has 5 nitrogen and oxygen atoms in total. The minimum atomic E-state index is 0.0365. The van der Waals surface area contributed by atoms with Crippen LogP contribution in [0.25, 0.3) is 0 Å². The minimum absolute atomic E-state index is 0.0365. The lowest BCUT2D eigenvalue weighted by Gasteiger charge is -2.23. The van der Waals surface area contributed by atoms with E-state index in [-0.39, 0.29) is 5.78 Å². The molecule has 0 radical (unpaired) electrons. The van der Waals surface area contributed by atoms with Crippen LogP contribution < -0.4 is 10.2 Å². The van der Waals surface area contributed by atoms with Crippen molar-refractivity contribution in [2.24, 2.45) is 0 Å². The molecule has 3 aromatic rings. The highest BCUT2D eigenvalue weighted by molar-refractivity contribution is 5.95. The summed E-state index contributed by atoms with van der Waals surface area (Å²) in [7, 11) is 0. The Labute approximate surface area is 153 Å². The van der Waals surface area contributed by atoms with Gasteiger partial charge >= 0.3 is 0 Å². The first-order chi connectivity index (χ1) is 12.6. The van der Waals surface area contributed by atoms with E-state index in [1.54, 1.807) is 13.0 Å². The molecule has 0 fully saturated rings. The average Bonchev–Trinajstić information content (AvgIpc) is 2.63. The Hall–Kier alpha value is -3.21. The predicted octanol–water partition coefficient (Wildman–Crippen LogP) is 4.89. The molecular weight excluding hydrogens is 324 g/mol. The lowest BCUT2D eigenvalue weighted by molar-refractivity contribution is 0.101. The van der Waals surface area contributed by atoms with E-state index in [4.69, 9.17) is 0 Å². The van der Waals surface area contributed by atoms with Crippen LogP contribution in [0.2, 0.25) is 0 Å². The molecule has 0 aliphatic carbocycles. The SMILES string of the molecule is CCN(c1ccccc1)c1cc(Nc2cccc(C(C)=O)c2)nc(C)n1. The van der Waals surface area contributed by atoms with Crippen molar-refractivity contribution >= 4 is 28.8 Å². The Balaban J connectivity index is 1.92. The number of hydrogen-bond acceptors (Lipinski definition) is 5. The molecular formula is C21H22N4O. The summed E-state index contributed by atoms with van der Waals surface area (Å²) in [5.41, 5.74) is 2.57. The van der Waals surface area contributed by atoms with Gasteiger partial charge in [-0.3, -0.25) is 4.79 Å². The van der Waals surface area contributed by atoms with Crippen LogP contribution in [0.1, 0.15) is 30.0 Å². The molecule has 0 unspecified atom stereocenters. The van der Waals surface area contributed by atoms with Gasteiger partial charge in [-0.05, 0) is 45.0 Å². The van der Waals surface area contributed by atoms with E-state index in [0.717, 1.165) is 23.7 Å². The van der Waals surface area contributed by atoms with Crippen LogP contribution in [0.5, 0.6) is 0 Å². The third kappa shape index (κ3) is 4.06. The molecule has 0 aliphatic rings. The van der Waals surface area contributed by atoms with Crippen molar-refractivity contribution in [2.75, 3.05) is 16.8 Å². The van der Waals surface area contributed by atoms with Crippen molar-refractivity contribution in [2.45, 2.75) is 20.8 Å². The summed E-state index contributed by atoms with van der Waals surface area (Å²) >= 11 is 0. The van der Waals surface area contributed by atoms with Crippen LogP contribution >= 0.6 is 0 Å². The Morgan fingerprint density at radius 2 is 1.81 bits per heavy atom. The smallest absolute Gasteiger partial charge is 0.159 e. The number of Topliss-reactive ketones (excluding diaryl/α,β-unsaturated/α-hetero) is 1. The number of benzene rings is 2. The van der Waals surface area contributed by atoms with E-state index >= 15 is 0 Å². The van der Waals surface area contributed by atoms with Crippen LogP contribution in [-0.4, -0.2) is 22.3 Å². The van der Waals surface area contributed by atoms with Crippen molar-refractivity contribution in [3.05, 3.63) is 72.1 Å². The molecule has 0 atom stereocenters. The number of ketones is 1. The molecule has 3 rings (SSSR count). The number of anilines is 4. The maximum Gasteiger partial charge on any atom is 0.159 e. The average molecular weight is 346 g/mol. The van der Waals surface area contributed by atoms with E-state index < -0.39 is 0 Å². The highest BCUT2D eigenvalue weighted by Gasteiger charge is 2.11. The molecule has 5 heteroatoms. The van der Waals surface area contributed by atoms with E-state index in [0.29, 0.717) is 17.2 Å². The van der Waals surface area contributed by atoms with Crippen molar-refractivity contribution in [1.29, 1.82) is 0 Å². The molecule has 0 saturated heterocycles. The first kappa shape index (κ1) is 17.6. The topological polar surface area (TPSA) is 58.1 Å². The van der Waals surface area contributed by atoms with Crippen LogP contribution in [-0.2, 0) is 0 Å². The van der Waals surface area contributed by atoms with Gasteiger partial charge in [0.2, 0.25) is 0 Å². The second-order valence-electron chi connectivity index (χ2n) is 6.00. The van der Waals surface area contributed by atoms with Gasteiger partial charge in [0.1, 0.15) is 17.5 Å². The van der Waals surface area contributed by atoms with Gasteiger partial charge in [0.15, 0.2) is 5.78 Å². The fraction of sp³-hybridized carbons (Fsp3) is 0.190. The number of aromatic nitrogens is 2. The van der Waals surface area contributed by atoms with Gasteiger partial charge in [-0.15, -0.1) is 0 Å². The van der Waals surface area contributed by atoms with Gasteiger partial charge in [-0.1, -0.05) is 30.3 Å². The van der Waals surface area contributed by atoms with Gasteiger partial charge in [0.05, 0.1) is 0 Å². The van der Waals surface area contributed by atoms with E-state index in [1.807, 2.05) is 49.4 Å². The highest BCUT2D eigenvalue weighted by atomic mass is 16.1. The second kappa shape index (κ2) is 7.78. The molecule has 1 N–H and O–H groups in total. The maximum atomic E-state index is 11.6. The number of hydrogen-bond donors (Lipinski definition) is 1. The minimum Gasteiger partial charge on any atom is -0.340 e. The Bertz CT molecular complexity index is 909. The van der Waals surface area contributed by atoms with Crippen molar-refractivity contribution in [3.63, 3.8) is 0 Å². The summed E-state index contributed by atoms with van der Waals surface area (Å²) in [5.74, 6) is 2.25. The molecule has 0 saturated carbocycles.